The first kappa shape index (κ1) is 17.8. The smallest absolute Gasteiger partial charge is 0.261 e. The van der Waals surface area contributed by atoms with E-state index in [2.05, 4.69) is 10.5 Å². The van der Waals surface area contributed by atoms with Gasteiger partial charge in [0.25, 0.3) is 5.91 Å². The van der Waals surface area contributed by atoms with E-state index in [4.69, 9.17) is 25.6 Å². The van der Waals surface area contributed by atoms with Crippen molar-refractivity contribution in [3.05, 3.63) is 58.8 Å². The van der Waals surface area contributed by atoms with Gasteiger partial charge in [-0.2, -0.15) is 0 Å². The number of aryl methyl sites for hydroxylation is 1. The summed E-state index contributed by atoms with van der Waals surface area (Å²) in [6, 6.07) is 12.2. The van der Waals surface area contributed by atoms with E-state index in [0.29, 0.717) is 44.8 Å². The van der Waals surface area contributed by atoms with Gasteiger partial charge in [-0.05, 0) is 31.2 Å². The van der Waals surface area contributed by atoms with Gasteiger partial charge in [-0.25, -0.2) is 0 Å². The minimum atomic E-state index is -0.359. The number of amides is 1. The van der Waals surface area contributed by atoms with Crippen LogP contribution in [0.3, 0.4) is 0 Å². The van der Waals surface area contributed by atoms with Crippen molar-refractivity contribution in [3.63, 3.8) is 0 Å². The Hall–Kier alpha value is -2.99. The summed E-state index contributed by atoms with van der Waals surface area (Å²) >= 11 is 6.04. The fourth-order valence-electron chi connectivity index (χ4n) is 2.56. The lowest BCUT2D eigenvalue weighted by Crippen LogP contribution is -2.14. The zero-order chi connectivity index (χ0) is 18.7. The minimum absolute atomic E-state index is 0.338. The van der Waals surface area contributed by atoms with Crippen molar-refractivity contribution >= 4 is 23.2 Å². The highest BCUT2D eigenvalue weighted by atomic mass is 35.5. The fourth-order valence-corrected chi connectivity index (χ4v) is 2.75. The molecule has 0 saturated heterocycles. The number of hydrogen-bond acceptors (Lipinski definition) is 5. The van der Waals surface area contributed by atoms with Crippen molar-refractivity contribution in [2.24, 2.45) is 0 Å². The minimum Gasteiger partial charge on any atom is -0.497 e. The van der Waals surface area contributed by atoms with E-state index in [1.807, 2.05) is 6.07 Å². The maximum Gasteiger partial charge on any atom is 0.261 e. The molecule has 0 spiro atoms. The van der Waals surface area contributed by atoms with E-state index in [1.54, 1.807) is 50.4 Å². The lowest BCUT2D eigenvalue weighted by atomic mass is 10.1. The van der Waals surface area contributed by atoms with Gasteiger partial charge in [0.2, 0.25) is 0 Å². The Kier molecular flexibility index (Phi) is 5.14. The van der Waals surface area contributed by atoms with Gasteiger partial charge in [-0.15, -0.1) is 0 Å². The molecule has 2 aromatic carbocycles. The first-order valence-electron chi connectivity index (χ1n) is 7.79. The summed E-state index contributed by atoms with van der Waals surface area (Å²) in [5, 5.41) is 7.39. The van der Waals surface area contributed by atoms with E-state index in [-0.39, 0.29) is 5.91 Å². The van der Waals surface area contributed by atoms with Crippen molar-refractivity contribution in [2.45, 2.75) is 6.92 Å². The topological polar surface area (TPSA) is 73.6 Å². The lowest BCUT2D eigenvalue weighted by Gasteiger charge is -2.11. The Bertz CT molecular complexity index is 952. The normalized spacial score (nSPS) is 10.5. The van der Waals surface area contributed by atoms with Crippen LogP contribution in [0.4, 0.5) is 5.69 Å². The van der Waals surface area contributed by atoms with Crippen molar-refractivity contribution in [1.82, 2.24) is 5.16 Å². The second-order valence-electron chi connectivity index (χ2n) is 5.49. The number of rotatable bonds is 5. The van der Waals surface area contributed by atoms with Crippen molar-refractivity contribution in [2.75, 3.05) is 19.5 Å². The lowest BCUT2D eigenvalue weighted by molar-refractivity contribution is 0.102. The van der Waals surface area contributed by atoms with Crippen LogP contribution in [0.5, 0.6) is 11.5 Å². The standard InChI is InChI=1S/C19H17ClN2O4/c1-11-17(18(22-26-11)12-5-4-6-13(20)9-12)19(23)21-15-8-7-14(24-2)10-16(15)25-3/h4-10H,1-3H3,(H,21,23). The van der Waals surface area contributed by atoms with Gasteiger partial charge in [0, 0.05) is 16.7 Å². The molecule has 0 aliphatic rings. The van der Waals surface area contributed by atoms with Crippen LogP contribution in [0.2, 0.25) is 5.02 Å². The molecule has 1 N–H and O–H groups in total. The molecule has 1 heterocycles. The molecule has 0 aliphatic carbocycles. The number of carbonyl (C=O) groups is 1. The van der Waals surface area contributed by atoms with Gasteiger partial charge in [0.1, 0.15) is 28.5 Å². The third-order valence-corrected chi connectivity index (χ3v) is 4.08. The second-order valence-corrected chi connectivity index (χ2v) is 5.93. The molecule has 0 aliphatic heterocycles. The van der Waals surface area contributed by atoms with Crippen molar-refractivity contribution in [1.29, 1.82) is 0 Å². The molecule has 1 aromatic heterocycles. The molecular formula is C19H17ClN2O4. The van der Waals surface area contributed by atoms with Gasteiger partial charge < -0.3 is 19.3 Å². The number of benzene rings is 2. The summed E-state index contributed by atoms with van der Waals surface area (Å²) < 4.78 is 15.7. The van der Waals surface area contributed by atoms with Crippen molar-refractivity contribution < 1.29 is 18.8 Å². The molecule has 0 saturated carbocycles. The number of nitrogens with zero attached hydrogens (tertiary/aromatic N) is 1. The molecule has 1 amide bonds. The van der Waals surface area contributed by atoms with Crippen LogP contribution in [0.25, 0.3) is 11.3 Å². The first-order chi connectivity index (χ1) is 12.5. The molecule has 0 unspecified atom stereocenters. The summed E-state index contributed by atoms with van der Waals surface area (Å²) in [6.07, 6.45) is 0. The fraction of sp³-hybridized carbons (Fsp3) is 0.158. The van der Waals surface area contributed by atoms with Gasteiger partial charge in [0.05, 0.1) is 19.9 Å². The number of anilines is 1. The number of halogens is 1. The molecule has 134 valence electrons. The zero-order valence-electron chi connectivity index (χ0n) is 14.5. The van der Waals surface area contributed by atoms with Gasteiger partial charge >= 0.3 is 0 Å². The van der Waals surface area contributed by atoms with E-state index in [1.165, 1.54) is 7.11 Å². The van der Waals surface area contributed by atoms with E-state index in [9.17, 15) is 4.79 Å². The SMILES string of the molecule is COc1ccc(NC(=O)c2c(-c3cccc(Cl)c3)noc2C)c(OC)c1. The number of methoxy groups -OCH3 is 2. The highest BCUT2D eigenvalue weighted by molar-refractivity contribution is 6.30. The maximum absolute atomic E-state index is 12.9. The quantitative estimate of drug-likeness (QED) is 0.710. The second kappa shape index (κ2) is 7.49. The number of hydrogen-bond donors (Lipinski definition) is 1. The van der Waals surface area contributed by atoms with Crippen molar-refractivity contribution in [3.8, 4) is 22.8 Å². The van der Waals surface area contributed by atoms with Gasteiger partial charge in [-0.3, -0.25) is 4.79 Å². The number of nitrogens with one attached hydrogen (secondary N) is 1. The largest absolute Gasteiger partial charge is 0.497 e. The summed E-state index contributed by atoms with van der Waals surface area (Å²) in [7, 11) is 3.08. The Morgan fingerprint density at radius 2 is 1.96 bits per heavy atom. The summed E-state index contributed by atoms with van der Waals surface area (Å²) in [5.74, 6) is 1.16. The molecule has 3 aromatic rings. The molecule has 0 atom stereocenters. The maximum atomic E-state index is 12.9. The van der Waals surface area contributed by atoms with Crippen LogP contribution >= 0.6 is 11.6 Å². The zero-order valence-corrected chi connectivity index (χ0v) is 15.3. The average molecular weight is 373 g/mol. The third-order valence-electron chi connectivity index (χ3n) is 3.84. The summed E-state index contributed by atoms with van der Waals surface area (Å²) in [6.45, 7) is 1.68. The van der Waals surface area contributed by atoms with E-state index in [0.717, 1.165) is 0 Å². The summed E-state index contributed by atoms with van der Waals surface area (Å²) in [4.78, 5) is 12.9. The molecule has 7 heteroatoms. The highest BCUT2D eigenvalue weighted by Crippen LogP contribution is 2.32. The van der Waals surface area contributed by atoms with Gasteiger partial charge in [0.15, 0.2) is 0 Å². The molecular weight excluding hydrogens is 356 g/mol. The Morgan fingerprint density at radius 1 is 1.15 bits per heavy atom. The molecule has 3 rings (SSSR count). The third kappa shape index (κ3) is 3.50. The Balaban J connectivity index is 1.96. The number of aromatic nitrogens is 1. The molecule has 6 nitrogen and oxygen atoms in total. The Morgan fingerprint density at radius 3 is 2.65 bits per heavy atom. The van der Waals surface area contributed by atoms with Crippen LogP contribution < -0.4 is 14.8 Å². The van der Waals surface area contributed by atoms with Crippen LogP contribution in [-0.2, 0) is 0 Å². The highest BCUT2D eigenvalue weighted by Gasteiger charge is 2.23. The predicted octanol–water partition coefficient (Wildman–Crippen LogP) is 4.57. The molecule has 0 radical (unpaired) electrons. The van der Waals surface area contributed by atoms with Crippen LogP contribution in [0.1, 0.15) is 16.1 Å². The Labute approximate surface area is 155 Å². The predicted molar refractivity (Wildman–Crippen MR) is 99.2 cm³/mol. The molecule has 0 fully saturated rings. The van der Waals surface area contributed by atoms with Crippen LogP contribution in [0.15, 0.2) is 47.0 Å². The van der Waals surface area contributed by atoms with Gasteiger partial charge in [-0.1, -0.05) is 28.9 Å². The molecule has 0 bridgehead atoms. The first-order valence-corrected chi connectivity index (χ1v) is 8.17. The summed E-state index contributed by atoms with van der Waals surface area (Å²) in [5.41, 5.74) is 1.97. The van der Waals surface area contributed by atoms with Crippen LogP contribution in [0, 0.1) is 6.92 Å². The number of ether oxygens (including phenoxy) is 2. The number of carbonyl (C=O) groups excluding carboxylic acids is 1. The van der Waals surface area contributed by atoms with E-state index < -0.39 is 0 Å². The monoisotopic (exact) mass is 372 g/mol. The average Bonchev–Trinajstić information content (AvgIpc) is 3.03. The van der Waals surface area contributed by atoms with E-state index >= 15 is 0 Å². The van der Waals surface area contributed by atoms with Crippen LogP contribution in [-0.4, -0.2) is 25.3 Å². The molecule has 26 heavy (non-hydrogen) atoms.